The first kappa shape index (κ1) is 13.6. The van der Waals surface area contributed by atoms with Crippen molar-refractivity contribution in [2.24, 2.45) is 23.7 Å². The minimum absolute atomic E-state index is 0.146. The number of rotatable bonds is 3. The molecule has 0 aromatic heterocycles. The van der Waals surface area contributed by atoms with Gasteiger partial charge in [0.15, 0.2) is 0 Å². The molecule has 2 aliphatic carbocycles. The summed E-state index contributed by atoms with van der Waals surface area (Å²) in [6, 6.07) is 7.33. The molecule has 0 saturated heterocycles. The summed E-state index contributed by atoms with van der Waals surface area (Å²) >= 11 is 3.34. The van der Waals surface area contributed by atoms with Crippen molar-refractivity contribution >= 4 is 33.5 Å². The Balaban J connectivity index is 1.76. The monoisotopic (exact) mass is 337 g/mol. The number of fused-ring (bicyclic) bond motifs is 2. The van der Waals surface area contributed by atoms with Crippen LogP contribution in [-0.2, 0) is 9.59 Å². The maximum absolute atomic E-state index is 12.4. The zero-order chi connectivity index (χ0) is 14.3. The number of anilines is 1. The van der Waals surface area contributed by atoms with Crippen molar-refractivity contribution in [1.82, 2.24) is 0 Å². The van der Waals surface area contributed by atoms with Gasteiger partial charge in [0.05, 0.1) is 11.8 Å². The van der Waals surface area contributed by atoms with Gasteiger partial charge in [-0.05, 0) is 55.4 Å². The Hall–Kier alpha value is -1.36. The molecular formula is C15H16BrNO3. The van der Waals surface area contributed by atoms with E-state index in [4.69, 9.17) is 0 Å². The molecule has 2 aliphatic rings. The molecule has 0 heterocycles. The summed E-state index contributed by atoms with van der Waals surface area (Å²) in [5, 5.41) is 12.2. The molecule has 2 saturated carbocycles. The Morgan fingerprint density at radius 1 is 1.10 bits per heavy atom. The van der Waals surface area contributed by atoms with Crippen LogP contribution >= 0.6 is 15.9 Å². The number of hydrogen-bond donors (Lipinski definition) is 2. The third-order valence-corrected chi connectivity index (χ3v) is 5.14. The summed E-state index contributed by atoms with van der Waals surface area (Å²) in [6.07, 6.45) is 2.81. The first-order valence-corrected chi connectivity index (χ1v) is 7.65. The van der Waals surface area contributed by atoms with Crippen LogP contribution in [0, 0.1) is 23.7 Å². The van der Waals surface area contributed by atoms with Gasteiger partial charge in [-0.2, -0.15) is 0 Å². The quantitative estimate of drug-likeness (QED) is 0.890. The lowest BCUT2D eigenvalue weighted by Crippen LogP contribution is -2.37. The third kappa shape index (κ3) is 2.35. The number of halogens is 1. The normalized spacial score (nSPS) is 31.2. The van der Waals surface area contributed by atoms with Gasteiger partial charge in [0.1, 0.15) is 0 Å². The number of amides is 1. The molecule has 20 heavy (non-hydrogen) atoms. The van der Waals surface area contributed by atoms with Gasteiger partial charge in [-0.15, -0.1) is 0 Å². The minimum atomic E-state index is -0.826. The smallest absolute Gasteiger partial charge is 0.307 e. The molecule has 0 aliphatic heterocycles. The highest BCUT2D eigenvalue weighted by Gasteiger charge is 2.53. The van der Waals surface area contributed by atoms with Crippen LogP contribution in [0.25, 0.3) is 0 Å². The van der Waals surface area contributed by atoms with Gasteiger partial charge in [-0.3, -0.25) is 9.59 Å². The number of carbonyl (C=O) groups is 2. The van der Waals surface area contributed by atoms with Crippen LogP contribution in [0.3, 0.4) is 0 Å². The van der Waals surface area contributed by atoms with Crippen LogP contribution in [0.5, 0.6) is 0 Å². The van der Waals surface area contributed by atoms with Gasteiger partial charge in [0.2, 0.25) is 5.91 Å². The molecule has 0 radical (unpaired) electrons. The number of aliphatic carboxylic acids is 1. The number of carbonyl (C=O) groups excluding carboxylic acids is 1. The largest absolute Gasteiger partial charge is 0.481 e. The molecule has 4 nitrogen and oxygen atoms in total. The standard InChI is InChI=1S/C15H16BrNO3/c16-10-3-5-11(6-4-10)17-14(18)12-8-1-2-9(7-8)13(12)15(19)20/h3-6,8-9,12-13H,1-2,7H2,(H,17,18)(H,19,20)/t8-,9+,12-,13-/m0/s1. The van der Waals surface area contributed by atoms with Crippen LogP contribution < -0.4 is 5.32 Å². The van der Waals surface area contributed by atoms with Crippen molar-refractivity contribution in [3.05, 3.63) is 28.7 Å². The van der Waals surface area contributed by atoms with Gasteiger partial charge in [-0.1, -0.05) is 15.9 Å². The summed E-state index contributed by atoms with van der Waals surface area (Å²) in [5.41, 5.74) is 0.713. The van der Waals surface area contributed by atoms with E-state index < -0.39 is 11.9 Å². The van der Waals surface area contributed by atoms with E-state index in [2.05, 4.69) is 21.2 Å². The second-order valence-corrected chi connectivity index (χ2v) is 6.63. The predicted molar refractivity (Wildman–Crippen MR) is 78.2 cm³/mol. The van der Waals surface area contributed by atoms with Crippen LogP contribution in [0.15, 0.2) is 28.7 Å². The molecule has 0 spiro atoms. The lowest BCUT2D eigenvalue weighted by Gasteiger charge is -2.27. The number of benzene rings is 1. The first-order valence-electron chi connectivity index (χ1n) is 6.85. The summed E-state index contributed by atoms with van der Waals surface area (Å²) in [6.45, 7) is 0. The maximum atomic E-state index is 12.4. The number of carboxylic acids is 1. The van der Waals surface area contributed by atoms with Gasteiger partial charge in [0.25, 0.3) is 0 Å². The highest BCUT2D eigenvalue weighted by molar-refractivity contribution is 9.10. The molecule has 106 valence electrons. The SMILES string of the molecule is O=C(O)[C@H]1[C@@H]2CC[C@@H](C2)[C@@H]1C(=O)Nc1ccc(Br)cc1. The van der Waals surface area contributed by atoms with E-state index in [1.54, 1.807) is 0 Å². The Morgan fingerprint density at radius 2 is 1.70 bits per heavy atom. The van der Waals surface area contributed by atoms with E-state index in [0.29, 0.717) is 5.69 Å². The molecular weight excluding hydrogens is 322 g/mol. The van der Waals surface area contributed by atoms with E-state index in [0.717, 1.165) is 23.7 Å². The van der Waals surface area contributed by atoms with Crippen molar-refractivity contribution in [3.63, 3.8) is 0 Å². The maximum Gasteiger partial charge on any atom is 0.307 e. The van der Waals surface area contributed by atoms with Gasteiger partial charge in [0, 0.05) is 10.2 Å². The van der Waals surface area contributed by atoms with Crippen LogP contribution in [0.1, 0.15) is 19.3 Å². The Labute approximate surface area is 125 Å². The Morgan fingerprint density at radius 3 is 2.30 bits per heavy atom. The Bertz CT molecular complexity index is 543. The van der Waals surface area contributed by atoms with E-state index in [1.165, 1.54) is 0 Å². The average molecular weight is 338 g/mol. The summed E-state index contributed by atoms with van der Waals surface area (Å²) in [4.78, 5) is 23.8. The van der Waals surface area contributed by atoms with Crippen molar-refractivity contribution in [3.8, 4) is 0 Å². The van der Waals surface area contributed by atoms with Gasteiger partial charge in [-0.25, -0.2) is 0 Å². The second kappa shape index (κ2) is 5.20. The summed E-state index contributed by atoms with van der Waals surface area (Å²) in [5.74, 6) is -1.45. The van der Waals surface area contributed by atoms with Crippen LogP contribution in [0.2, 0.25) is 0 Å². The molecule has 0 unspecified atom stereocenters. The lowest BCUT2D eigenvalue weighted by molar-refractivity contribution is -0.148. The van der Waals surface area contributed by atoms with Crippen LogP contribution in [0.4, 0.5) is 5.69 Å². The number of nitrogens with one attached hydrogen (secondary N) is 1. The topological polar surface area (TPSA) is 66.4 Å². The number of carboxylic acid groups (broad SMARTS) is 1. The summed E-state index contributed by atoms with van der Waals surface area (Å²) in [7, 11) is 0. The Kier molecular flexibility index (Phi) is 3.54. The fourth-order valence-electron chi connectivity index (χ4n) is 3.78. The van der Waals surface area contributed by atoms with E-state index in [9.17, 15) is 14.7 Å². The second-order valence-electron chi connectivity index (χ2n) is 5.72. The van der Waals surface area contributed by atoms with Crippen molar-refractivity contribution < 1.29 is 14.7 Å². The van der Waals surface area contributed by atoms with E-state index in [-0.39, 0.29) is 23.7 Å². The molecule has 4 atom stereocenters. The third-order valence-electron chi connectivity index (χ3n) is 4.62. The first-order chi connectivity index (χ1) is 9.56. The lowest BCUT2D eigenvalue weighted by atomic mass is 9.78. The predicted octanol–water partition coefficient (Wildman–Crippen LogP) is 3.13. The molecule has 2 fully saturated rings. The van der Waals surface area contributed by atoms with Crippen LogP contribution in [-0.4, -0.2) is 17.0 Å². The number of hydrogen-bond acceptors (Lipinski definition) is 2. The molecule has 1 aromatic rings. The fourth-order valence-corrected chi connectivity index (χ4v) is 4.05. The molecule has 5 heteroatoms. The molecule has 1 aromatic carbocycles. The molecule has 2 bridgehead atoms. The average Bonchev–Trinajstić information content (AvgIpc) is 3.01. The molecule has 1 amide bonds. The highest BCUT2D eigenvalue weighted by Crippen LogP contribution is 2.52. The van der Waals surface area contributed by atoms with Crippen molar-refractivity contribution in [1.29, 1.82) is 0 Å². The summed E-state index contributed by atoms with van der Waals surface area (Å²) < 4.78 is 0.943. The van der Waals surface area contributed by atoms with E-state index >= 15 is 0 Å². The zero-order valence-electron chi connectivity index (χ0n) is 10.9. The van der Waals surface area contributed by atoms with Gasteiger partial charge < -0.3 is 10.4 Å². The zero-order valence-corrected chi connectivity index (χ0v) is 12.5. The van der Waals surface area contributed by atoms with E-state index in [1.807, 2.05) is 24.3 Å². The molecule has 3 rings (SSSR count). The van der Waals surface area contributed by atoms with Crippen molar-refractivity contribution in [2.75, 3.05) is 5.32 Å². The highest BCUT2D eigenvalue weighted by atomic mass is 79.9. The van der Waals surface area contributed by atoms with Gasteiger partial charge >= 0.3 is 5.97 Å². The fraction of sp³-hybridized carbons (Fsp3) is 0.467. The minimum Gasteiger partial charge on any atom is -0.481 e. The van der Waals surface area contributed by atoms with Crippen molar-refractivity contribution in [2.45, 2.75) is 19.3 Å². The molecule has 2 N–H and O–H groups in total.